The maximum Gasteiger partial charge on any atom is 0.185 e. The van der Waals surface area contributed by atoms with Crippen LogP contribution in [0.15, 0.2) is 18.2 Å². The number of rotatable bonds is 5. The molecule has 20 heavy (non-hydrogen) atoms. The lowest BCUT2D eigenvalue weighted by Crippen LogP contribution is -2.07. The Morgan fingerprint density at radius 1 is 1.35 bits per heavy atom. The molecule has 0 radical (unpaired) electrons. The van der Waals surface area contributed by atoms with Crippen LogP contribution in [0.1, 0.15) is 36.7 Å². The zero-order valence-corrected chi connectivity index (χ0v) is 12.6. The first-order valence-electron chi connectivity index (χ1n) is 6.42. The summed E-state index contributed by atoms with van der Waals surface area (Å²) in [5.74, 6) is 0. The van der Waals surface area contributed by atoms with E-state index in [9.17, 15) is 0 Å². The number of hydrogen-bond donors (Lipinski definition) is 0. The van der Waals surface area contributed by atoms with Crippen molar-refractivity contribution in [1.29, 1.82) is 5.26 Å². The summed E-state index contributed by atoms with van der Waals surface area (Å²) in [6, 6.07) is 7.44. The maximum absolute atomic E-state index is 9.08. The fourth-order valence-electron chi connectivity index (χ4n) is 1.95. The fraction of sp³-hybridized carbons (Fsp3) is 0.357. The van der Waals surface area contributed by atoms with Crippen LogP contribution >= 0.6 is 23.2 Å². The molecule has 0 saturated carbocycles. The highest BCUT2D eigenvalue weighted by atomic mass is 35.5. The van der Waals surface area contributed by atoms with Crippen LogP contribution < -0.4 is 0 Å². The van der Waals surface area contributed by atoms with E-state index in [4.69, 9.17) is 28.5 Å². The van der Waals surface area contributed by atoms with Crippen LogP contribution in [0.5, 0.6) is 0 Å². The molecule has 0 amide bonds. The van der Waals surface area contributed by atoms with Gasteiger partial charge in [0.15, 0.2) is 5.69 Å². The Morgan fingerprint density at radius 3 is 2.80 bits per heavy atom. The van der Waals surface area contributed by atoms with Gasteiger partial charge in [0.1, 0.15) is 6.07 Å². The molecule has 2 aromatic rings. The number of nitrogens with zero attached hydrogens (tertiary/aromatic N) is 4. The van der Waals surface area contributed by atoms with Crippen LogP contribution in [0.2, 0.25) is 10.0 Å². The van der Waals surface area contributed by atoms with Crippen LogP contribution in [-0.4, -0.2) is 15.0 Å². The lowest BCUT2D eigenvalue weighted by Gasteiger charge is -2.08. The molecule has 4 nitrogen and oxygen atoms in total. The van der Waals surface area contributed by atoms with Crippen LogP contribution in [0.25, 0.3) is 0 Å². The van der Waals surface area contributed by atoms with Crippen LogP contribution in [0.3, 0.4) is 0 Å². The Morgan fingerprint density at radius 2 is 2.15 bits per heavy atom. The molecule has 6 heteroatoms. The molecule has 0 aliphatic heterocycles. The minimum Gasteiger partial charge on any atom is -0.244 e. The van der Waals surface area contributed by atoms with E-state index in [1.165, 1.54) is 0 Å². The number of halogens is 2. The summed E-state index contributed by atoms with van der Waals surface area (Å²) in [6.07, 6.45) is 2.84. The van der Waals surface area contributed by atoms with Crippen LogP contribution in [-0.2, 0) is 13.0 Å². The highest BCUT2D eigenvalue weighted by Crippen LogP contribution is 2.22. The molecular formula is C14H14Cl2N4. The Balaban J connectivity index is 2.29. The lowest BCUT2D eigenvalue weighted by atomic mass is 10.1. The van der Waals surface area contributed by atoms with E-state index >= 15 is 0 Å². The highest BCUT2D eigenvalue weighted by Gasteiger charge is 2.13. The molecular weight excluding hydrogens is 295 g/mol. The number of aromatic nitrogens is 3. The van der Waals surface area contributed by atoms with E-state index in [1.54, 1.807) is 16.8 Å². The Labute approximate surface area is 127 Å². The molecule has 104 valence electrons. The molecule has 0 aliphatic carbocycles. The van der Waals surface area contributed by atoms with Gasteiger partial charge in [-0.1, -0.05) is 47.8 Å². The van der Waals surface area contributed by atoms with Crippen molar-refractivity contribution in [2.75, 3.05) is 0 Å². The van der Waals surface area contributed by atoms with Gasteiger partial charge in [-0.05, 0) is 30.5 Å². The summed E-state index contributed by atoms with van der Waals surface area (Å²) in [5, 5.41) is 18.2. The molecule has 1 heterocycles. The second-order valence-corrected chi connectivity index (χ2v) is 5.34. The van der Waals surface area contributed by atoms with Crippen molar-refractivity contribution in [3.05, 3.63) is 45.2 Å². The SMILES string of the molecule is CCCCc1c(C#N)nnn1Cc1ccc(Cl)cc1Cl. The second kappa shape index (κ2) is 6.74. The third kappa shape index (κ3) is 3.30. The molecule has 0 aliphatic rings. The van der Waals surface area contributed by atoms with Gasteiger partial charge < -0.3 is 0 Å². The quantitative estimate of drug-likeness (QED) is 0.843. The van der Waals surface area contributed by atoms with Gasteiger partial charge in [-0.3, -0.25) is 0 Å². The van der Waals surface area contributed by atoms with Crippen LogP contribution in [0.4, 0.5) is 0 Å². The molecule has 0 bridgehead atoms. The van der Waals surface area contributed by atoms with E-state index in [0.29, 0.717) is 22.3 Å². The highest BCUT2D eigenvalue weighted by molar-refractivity contribution is 6.35. The molecule has 1 aromatic carbocycles. The maximum atomic E-state index is 9.08. The molecule has 2 rings (SSSR count). The first-order chi connectivity index (χ1) is 9.65. The first kappa shape index (κ1) is 14.8. The van der Waals surface area contributed by atoms with Crippen molar-refractivity contribution >= 4 is 23.2 Å². The largest absolute Gasteiger partial charge is 0.244 e. The van der Waals surface area contributed by atoms with Crippen molar-refractivity contribution in [3.8, 4) is 6.07 Å². The number of hydrogen-bond acceptors (Lipinski definition) is 3. The smallest absolute Gasteiger partial charge is 0.185 e. The van der Waals surface area contributed by atoms with Gasteiger partial charge >= 0.3 is 0 Å². The summed E-state index contributed by atoms with van der Waals surface area (Å²) in [5.41, 5.74) is 2.16. The van der Waals surface area contributed by atoms with E-state index in [1.807, 2.05) is 6.07 Å². The van der Waals surface area contributed by atoms with E-state index < -0.39 is 0 Å². The van der Waals surface area contributed by atoms with Gasteiger partial charge in [0, 0.05) is 10.0 Å². The van der Waals surface area contributed by atoms with Gasteiger partial charge in [0.05, 0.1) is 12.2 Å². The van der Waals surface area contributed by atoms with Gasteiger partial charge in [0.2, 0.25) is 0 Å². The Hall–Kier alpha value is -1.57. The molecule has 0 unspecified atom stereocenters. The number of nitriles is 1. The molecule has 0 N–H and O–H groups in total. The standard InChI is InChI=1S/C14H14Cl2N4/c1-2-3-4-14-13(8-17)18-19-20(14)9-10-5-6-11(15)7-12(10)16/h5-7H,2-4,9H2,1H3. The first-order valence-corrected chi connectivity index (χ1v) is 7.17. The summed E-state index contributed by atoms with van der Waals surface area (Å²) < 4.78 is 1.74. The number of unbranched alkanes of at least 4 members (excludes halogenated alkanes) is 1. The predicted octanol–water partition coefficient (Wildman–Crippen LogP) is 3.85. The van der Waals surface area contributed by atoms with Gasteiger partial charge in [-0.25, -0.2) is 4.68 Å². The van der Waals surface area contributed by atoms with E-state index in [-0.39, 0.29) is 0 Å². The van der Waals surface area contributed by atoms with Gasteiger partial charge in [-0.2, -0.15) is 5.26 Å². The van der Waals surface area contributed by atoms with Crippen LogP contribution in [0, 0.1) is 11.3 Å². The fourth-order valence-corrected chi connectivity index (χ4v) is 2.42. The summed E-state index contributed by atoms with van der Waals surface area (Å²) >= 11 is 12.0. The second-order valence-electron chi connectivity index (χ2n) is 4.49. The van der Waals surface area contributed by atoms with Gasteiger partial charge in [-0.15, -0.1) is 5.10 Å². The summed E-state index contributed by atoms with van der Waals surface area (Å²) in [6.45, 7) is 2.60. The monoisotopic (exact) mass is 308 g/mol. The average molecular weight is 309 g/mol. The lowest BCUT2D eigenvalue weighted by molar-refractivity contribution is 0.606. The van der Waals surface area contributed by atoms with Crippen molar-refractivity contribution < 1.29 is 0 Å². The topological polar surface area (TPSA) is 54.5 Å². The predicted molar refractivity (Wildman–Crippen MR) is 78.9 cm³/mol. The Kier molecular flexibility index (Phi) is 4.99. The summed E-state index contributed by atoms with van der Waals surface area (Å²) in [7, 11) is 0. The van der Waals surface area contributed by atoms with Crippen molar-refractivity contribution in [2.45, 2.75) is 32.7 Å². The van der Waals surface area contributed by atoms with Gasteiger partial charge in [0.25, 0.3) is 0 Å². The van der Waals surface area contributed by atoms with Crippen molar-refractivity contribution in [3.63, 3.8) is 0 Å². The van der Waals surface area contributed by atoms with E-state index in [0.717, 1.165) is 30.5 Å². The molecule has 0 spiro atoms. The van der Waals surface area contributed by atoms with Crippen molar-refractivity contribution in [2.24, 2.45) is 0 Å². The van der Waals surface area contributed by atoms with E-state index in [2.05, 4.69) is 23.3 Å². The zero-order chi connectivity index (χ0) is 14.5. The molecule has 0 atom stereocenters. The van der Waals surface area contributed by atoms with Crippen molar-refractivity contribution in [1.82, 2.24) is 15.0 Å². The molecule has 0 saturated heterocycles. The third-order valence-corrected chi connectivity index (χ3v) is 3.63. The Bertz CT molecular complexity index is 643. The minimum absolute atomic E-state index is 0.392. The normalized spacial score (nSPS) is 10.5. The third-order valence-electron chi connectivity index (χ3n) is 3.05. The molecule has 0 fully saturated rings. The molecule has 1 aromatic heterocycles. The summed E-state index contributed by atoms with van der Waals surface area (Å²) in [4.78, 5) is 0. The zero-order valence-electron chi connectivity index (χ0n) is 11.1. The number of benzene rings is 1. The minimum atomic E-state index is 0.392. The average Bonchev–Trinajstić information content (AvgIpc) is 2.81.